The molecule has 0 spiro atoms. The Hall–Kier alpha value is -3.36. The van der Waals surface area contributed by atoms with Crippen molar-refractivity contribution >= 4 is 23.9 Å². The highest BCUT2D eigenvalue weighted by Crippen LogP contribution is 2.68. The zero-order valence-electron chi connectivity index (χ0n) is 26.7. The van der Waals surface area contributed by atoms with Gasteiger partial charge in [0.05, 0.1) is 46.7 Å². The molecular weight excluding hydrogens is 604 g/mol. The Balaban J connectivity index is 1.89. The van der Waals surface area contributed by atoms with Gasteiger partial charge in [-0.05, 0) is 44.1 Å². The van der Waals surface area contributed by atoms with Gasteiger partial charge >= 0.3 is 23.9 Å². The number of benzene rings is 1. The summed E-state index contributed by atoms with van der Waals surface area (Å²) in [6.07, 6.45) is -9.36. The van der Waals surface area contributed by atoms with Gasteiger partial charge in [-0.15, -0.1) is 0 Å². The van der Waals surface area contributed by atoms with Crippen LogP contribution in [0.5, 0.6) is 0 Å². The van der Waals surface area contributed by atoms with Crippen molar-refractivity contribution in [2.45, 2.75) is 102 Å². The molecule has 13 nitrogen and oxygen atoms in total. The third-order valence-electron chi connectivity index (χ3n) is 10.6. The van der Waals surface area contributed by atoms with Gasteiger partial charge in [0, 0.05) is 33.6 Å². The van der Waals surface area contributed by atoms with E-state index in [4.69, 9.17) is 23.7 Å². The molecule has 1 saturated heterocycles. The van der Waals surface area contributed by atoms with Gasteiger partial charge in [-0.1, -0.05) is 18.2 Å². The molecule has 3 fully saturated rings. The molecule has 1 aliphatic heterocycles. The SMILES string of the molecule is CC(=O)OC[C@]12C([C@@H](OC(=O)c3ccccc3)[C@@]3(C(C)(C)O)C[C@@H](OC(C)=O)C(C)=C3[C@@H](O)[C@@H]1O)[C@@]1(OC(C)=O)CO[C@H]1C[C@@H]2O. The number of carbonyl (C=O) groups is 4. The minimum absolute atomic E-state index is 0.0307. The summed E-state index contributed by atoms with van der Waals surface area (Å²) in [7, 11) is 0. The third-order valence-corrected chi connectivity index (χ3v) is 10.6. The maximum atomic E-state index is 14.0. The van der Waals surface area contributed by atoms with Crippen LogP contribution in [0.3, 0.4) is 0 Å². The Morgan fingerprint density at radius 3 is 2.15 bits per heavy atom. The zero-order chi connectivity index (χ0) is 34.0. The average Bonchev–Trinajstić information content (AvgIpc) is 3.23. The van der Waals surface area contributed by atoms with Gasteiger partial charge in [0.2, 0.25) is 0 Å². The smallest absolute Gasteiger partial charge is 0.338 e. The number of esters is 4. The topological polar surface area (TPSA) is 195 Å². The highest BCUT2D eigenvalue weighted by atomic mass is 16.6. The molecule has 1 heterocycles. The minimum Gasteiger partial charge on any atom is -0.465 e. The molecule has 46 heavy (non-hydrogen) atoms. The van der Waals surface area contributed by atoms with E-state index < -0.39 is 95.1 Å². The Labute approximate surface area is 266 Å². The van der Waals surface area contributed by atoms with Crippen LogP contribution < -0.4 is 0 Å². The molecule has 0 bridgehead atoms. The van der Waals surface area contributed by atoms with Gasteiger partial charge in [0.1, 0.15) is 31.0 Å². The summed E-state index contributed by atoms with van der Waals surface area (Å²) in [4.78, 5) is 51.3. The van der Waals surface area contributed by atoms with Crippen LogP contribution in [-0.4, -0.2) is 105 Å². The molecule has 10 atom stereocenters. The molecule has 1 aromatic carbocycles. The maximum absolute atomic E-state index is 14.0. The van der Waals surface area contributed by atoms with E-state index in [0.29, 0.717) is 5.57 Å². The van der Waals surface area contributed by atoms with E-state index in [9.17, 15) is 39.6 Å². The lowest BCUT2D eigenvalue weighted by atomic mass is 9.49. The summed E-state index contributed by atoms with van der Waals surface area (Å²) < 4.78 is 29.4. The fourth-order valence-corrected chi connectivity index (χ4v) is 8.62. The normalized spacial score (nSPS) is 38.3. The van der Waals surface area contributed by atoms with Crippen LogP contribution in [0.1, 0.15) is 64.7 Å². The van der Waals surface area contributed by atoms with Crippen LogP contribution in [0.2, 0.25) is 0 Å². The summed E-state index contributed by atoms with van der Waals surface area (Å²) >= 11 is 0. The Bertz CT molecular complexity index is 1430. The molecule has 13 heteroatoms. The van der Waals surface area contributed by atoms with Crippen molar-refractivity contribution in [2.75, 3.05) is 13.2 Å². The van der Waals surface area contributed by atoms with Gasteiger partial charge in [-0.2, -0.15) is 0 Å². The second kappa shape index (κ2) is 11.7. The van der Waals surface area contributed by atoms with Crippen LogP contribution in [0, 0.1) is 16.7 Å². The van der Waals surface area contributed by atoms with Gasteiger partial charge in [0.25, 0.3) is 0 Å². The van der Waals surface area contributed by atoms with E-state index in [1.165, 1.54) is 39.8 Å². The number of ether oxygens (including phenoxy) is 5. The second-order valence-corrected chi connectivity index (χ2v) is 13.5. The van der Waals surface area contributed by atoms with Gasteiger partial charge in [0.15, 0.2) is 5.60 Å². The van der Waals surface area contributed by atoms with E-state index in [-0.39, 0.29) is 30.6 Å². The number of aliphatic hydroxyl groups excluding tert-OH is 3. The molecule has 0 radical (unpaired) electrons. The molecular formula is C33H42O13. The van der Waals surface area contributed by atoms with Gasteiger partial charge < -0.3 is 44.1 Å². The largest absolute Gasteiger partial charge is 0.465 e. The summed E-state index contributed by atoms with van der Waals surface area (Å²) in [5.74, 6) is -4.46. The lowest BCUT2D eigenvalue weighted by molar-refractivity contribution is -0.358. The van der Waals surface area contributed by atoms with Crippen LogP contribution in [-0.2, 0) is 38.1 Å². The molecule has 5 rings (SSSR count). The Morgan fingerprint density at radius 2 is 1.63 bits per heavy atom. The fourth-order valence-electron chi connectivity index (χ4n) is 8.62. The van der Waals surface area contributed by atoms with Crippen LogP contribution in [0.15, 0.2) is 41.5 Å². The first-order chi connectivity index (χ1) is 21.4. The molecule has 3 aliphatic carbocycles. The highest BCUT2D eigenvalue weighted by Gasteiger charge is 2.80. The van der Waals surface area contributed by atoms with Crippen LogP contribution in [0.25, 0.3) is 0 Å². The van der Waals surface area contributed by atoms with E-state index in [0.717, 1.165) is 6.92 Å². The molecule has 0 amide bonds. The minimum atomic E-state index is -2.03. The number of carbonyl (C=O) groups excluding carboxylic acids is 4. The molecule has 1 unspecified atom stereocenters. The monoisotopic (exact) mass is 646 g/mol. The Morgan fingerprint density at radius 1 is 0.978 bits per heavy atom. The van der Waals surface area contributed by atoms with Gasteiger partial charge in [-0.25, -0.2) is 4.79 Å². The van der Waals surface area contributed by atoms with Crippen LogP contribution >= 0.6 is 0 Å². The van der Waals surface area contributed by atoms with Crippen molar-refractivity contribution in [2.24, 2.45) is 16.7 Å². The maximum Gasteiger partial charge on any atom is 0.338 e. The van der Waals surface area contributed by atoms with Crippen molar-refractivity contribution in [3.8, 4) is 0 Å². The van der Waals surface area contributed by atoms with Crippen molar-refractivity contribution in [3.05, 3.63) is 47.0 Å². The first-order valence-corrected chi connectivity index (χ1v) is 15.3. The summed E-state index contributed by atoms with van der Waals surface area (Å²) in [5, 5.41) is 48.6. The number of fused-ring (bicyclic) bond motifs is 4. The molecule has 2 saturated carbocycles. The fraction of sp³-hybridized carbons (Fsp3) is 0.636. The summed E-state index contributed by atoms with van der Waals surface area (Å²) in [6.45, 7) is 7.01. The number of hydrogen-bond donors (Lipinski definition) is 4. The zero-order valence-corrected chi connectivity index (χ0v) is 26.7. The molecule has 4 aliphatic rings. The lowest BCUT2D eigenvalue weighted by Crippen LogP contribution is -2.80. The standard InChI is InChI=1S/C33H42O13/c1-16-21(44-18(3)35)13-32(30(5,6)41)24(16)25(38)27(39)31(14-42-17(2)34)22(37)12-23-33(15-43-23,46-19(4)36)26(31)28(32)45-29(40)20-10-8-7-9-11-20/h7-11,21-23,25-28,37-39,41H,12-15H2,1-6H3/t21-,22+,23+,25-,26?,27+,28-,31+,32-,33-/m1/s1. The molecule has 4 N–H and O–H groups in total. The average molecular weight is 647 g/mol. The number of rotatable bonds is 7. The van der Waals surface area contributed by atoms with E-state index in [2.05, 4.69) is 0 Å². The lowest BCUT2D eigenvalue weighted by Gasteiger charge is -2.65. The summed E-state index contributed by atoms with van der Waals surface area (Å²) in [6, 6.07) is 7.96. The Kier molecular flexibility index (Phi) is 8.65. The van der Waals surface area contributed by atoms with Crippen molar-refractivity contribution in [1.29, 1.82) is 0 Å². The molecule has 1 aromatic rings. The number of aliphatic hydroxyl groups is 4. The number of hydrogen-bond acceptors (Lipinski definition) is 13. The van der Waals surface area contributed by atoms with Crippen molar-refractivity contribution in [1.82, 2.24) is 0 Å². The predicted octanol–water partition coefficient (Wildman–Crippen LogP) is 0.988. The first-order valence-electron chi connectivity index (χ1n) is 15.3. The van der Waals surface area contributed by atoms with E-state index in [1.54, 1.807) is 25.1 Å². The molecule has 252 valence electrons. The summed E-state index contributed by atoms with van der Waals surface area (Å²) in [5.41, 5.74) is -6.98. The third kappa shape index (κ3) is 4.94. The second-order valence-electron chi connectivity index (χ2n) is 13.5. The van der Waals surface area contributed by atoms with E-state index in [1.807, 2.05) is 0 Å². The quantitative estimate of drug-likeness (QED) is 0.186. The first kappa shape index (κ1) is 34.0. The van der Waals surface area contributed by atoms with Gasteiger partial charge in [-0.3, -0.25) is 14.4 Å². The molecule has 0 aromatic heterocycles. The predicted molar refractivity (Wildman–Crippen MR) is 157 cm³/mol. The highest BCUT2D eigenvalue weighted by molar-refractivity contribution is 5.89. The van der Waals surface area contributed by atoms with Crippen LogP contribution in [0.4, 0.5) is 0 Å². The van der Waals surface area contributed by atoms with E-state index >= 15 is 0 Å². The van der Waals surface area contributed by atoms with Crippen molar-refractivity contribution in [3.63, 3.8) is 0 Å². The van der Waals surface area contributed by atoms with Crippen molar-refractivity contribution < 1.29 is 63.3 Å².